The van der Waals surface area contributed by atoms with E-state index in [2.05, 4.69) is 0 Å². The molecule has 0 aliphatic rings. The Morgan fingerprint density at radius 1 is 1.00 bits per heavy atom. The van der Waals surface area contributed by atoms with Crippen LogP contribution >= 0.6 is 11.8 Å². The van der Waals surface area contributed by atoms with Crippen LogP contribution in [0.3, 0.4) is 0 Å². The molecule has 132 valence electrons. The van der Waals surface area contributed by atoms with Crippen LogP contribution in [0.2, 0.25) is 0 Å². The van der Waals surface area contributed by atoms with Crippen molar-refractivity contribution in [2.45, 2.75) is 31.1 Å². The van der Waals surface area contributed by atoms with Gasteiger partial charge in [0, 0.05) is 23.2 Å². The van der Waals surface area contributed by atoms with Crippen LogP contribution in [-0.4, -0.2) is 32.0 Å². The Balaban J connectivity index is 2.64. The first kappa shape index (κ1) is 19.4. The summed E-state index contributed by atoms with van der Waals surface area (Å²) in [6, 6.07) is 17.7. The second-order valence-corrected chi connectivity index (χ2v) is 6.67. The Hall–Kier alpha value is -1.88. The lowest BCUT2D eigenvalue weighted by Crippen LogP contribution is -2.23. The molecule has 1 unspecified atom stereocenters. The number of carbonyl (C=O) groups is 1. The number of allylic oxidation sites excluding steroid dienone is 1. The van der Waals surface area contributed by atoms with Crippen LogP contribution < -0.4 is 0 Å². The van der Waals surface area contributed by atoms with E-state index in [1.807, 2.05) is 74.7 Å². The van der Waals surface area contributed by atoms with Crippen LogP contribution in [0.5, 0.6) is 0 Å². The number of aldehydes is 1. The molecule has 4 heteroatoms. The molecule has 0 N–H and O–H groups in total. The van der Waals surface area contributed by atoms with Crippen LogP contribution in [0.25, 0.3) is 11.1 Å². The molecule has 0 saturated carbocycles. The fourth-order valence-electron chi connectivity index (χ4n) is 2.58. The summed E-state index contributed by atoms with van der Waals surface area (Å²) in [5.41, 5.74) is 3.07. The zero-order valence-corrected chi connectivity index (χ0v) is 15.9. The highest BCUT2D eigenvalue weighted by Crippen LogP contribution is 2.31. The molecule has 0 bridgehead atoms. The predicted octanol–water partition coefficient (Wildman–Crippen LogP) is 4.92. The molecule has 0 saturated heterocycles. The van der Waals surface area contributed by atoms with E-state index in [0.717, 1.165) is 27.9 Å². The van der Waals surface area contributed by atoms with E-state index in [-0.39, 0.29) is 6.10 Å². The van der Waals surface area contributed by atoms with Crippen LogP contribution in [0.4, 0.5) is 0 Å². The maximum absolute atomic E-state index is 12.0. The number of ether oxygens (including phenoxy) is 2. The summed E-state index contributed by atoms with van der Waals surface area (Å²) in [5.74, 6) is 0. The minimum Gasteiger partial charge on any atom is -0.352 e. The molecule has 25 heavy (non-hydrogen) atoms. The van der Waals surface area contributed by atoms with Crippen molar-refractivity contribution in [3.63, 3.8) is 0 Å². The number of methoxy groups -OCH3 is 1. The first-order valence-electron chi connectivity index (χ1n) is 8.18. The SMILES string of the molecule is COC(OC(C)C)/C(=C(\C=O)c1ccccc1)c1ccc(SC)cc1. The summed E-state index contributed by atoms with van der Waals surface area (Å²) >= 11 is 1.68. The summed E-state index contributed by atoms with van der Waals surface area (Å²) in [5, 5.41) is 0. The van der Waals surface area contributed by atoms with Gasteiger partial charge in [0.25, 0.3) is 0 Å². The predicted molar refractivity (Wildman–Crippen MR) is 105 cm³/mol. The third-order valence-corrected chi connectivity index (χ3v) is 4.48. The van der Waals surface area contributed by atoms with Crippen molar-refractivity contribution in [2.24, 2.45) is 0 Å². The Kier molecular flexibility index (Phi) is 7.44. The number of hydrogen-bond donors (Lipinski definition) is 0. The van der Waals surface area contributed by atoms with Crippen molar-refractivity contribution in [1.29, 1.82) is 0 Å². The van der Waals surface area contributed by atoms with E-state index in [4.69, 9.17) is 9.47 Å². The highest BCUT2D eigenvalue weighted by molar-refractivity contribution is 7.98. The lowest BCUT2D eigenvalue weighted by molar-refractivity contribution is -0.110. The normalized spacial score (nSPS) is 13.5. The summed E-state index contributed by atoms with van der Waals surface area (Å²) in [6.45, 7) is 3.90. The van der Waals surface area contributed by atoms with Crippen LogP contribution in [0, 0.1) is 0 Å². The monoisotopic (exact) mass is 356 g/mol. The minimum atomic E-state index is -0.625. The van der Waals surface area contributed by atoms with Gasteiger partial charge < -0.3 is 9.47 Å². The molecule has 3 nitrogen and oxygen atoms in total. The molecule has 2 rings (SSSR count). The van der Waals surface area contributed by atoms with Crippen LogP contribution in [0.1, 0.15) is 25.0 Å². The van der Waals surface area contributed by atoms with E-state index in [0.29, 0.717) is 5.57 Å². The lowest BCUT2D eigenvalue weighted by Gasteiger charge is -2.24. The Morgan fingerprint density at radius 2 is 1.64 bits per heavy atom. The standard InChI is InChI=1S/C21H24O3S/c1-15(2)24-21(23-3)20(17-10-12-18(25-4)13-11-17)19(14-22)16-8-6-5-7-9-16/h5-15,21H,1-4H3/b20-19+. The molecular formula is C21H24O3S. The van der Waals surface area contributed by atoms with Crippen molar-refractivity contribution >= 4 is 29.2 Å². The molecule has 0 aliphatic heterocycles. The van der Waals surface area contributed by atoms with Crippen molar-refractivity contribution in [1.82, 2.24) is 0 Å². The third kappa shape index (κ3) is 5.05. The molecule has 0 aliphatic carbocycles. The molecular weight excluding hydrogens is 332 g/mol. The average molecular weight is 356 g/mol. The smallest absolute Gasteiger partial charge is 0.185 e. The molecule has 0 radical (unpaired) electrons. The molecule has 0 fully saturated rings. The second kappa shape index (κ2) is 9.56. The van der Waals surface area contributed by atoms with Gasteiger partial charge in [-0.2, -0.15) is 0 Å². The summed E-state index contributed by atoms with van der Waals surface area (Å²) in [4.78, 5) is 13.1. The second-order valence-electron chi connectivity index (χ2n) is 5.79. The third-order valence-electron chi connectivity index (χ3n) is 3.74. The van der Waals surface area contributed by atoms with Gasteiger partial charge >= 0.3 is 0 Å². The van der Waals surface area contributed by atoms with E-state index in [1.54, 1.807) is 18.9 Å². The molecule has 0 spiro atoms. The number of rotatable bonds is 8. The largest absolute Gasteiger partial charge is 0.352 e. The van der Waals surface area contributed by atoms with Gasteiger partial charge in [0.1, 0.15) is 0 Å². The molecule has 0 heterocycles. The van der Waals surface area contributed by atoms with Gasteiger partial charge in [-0.3, -0.25) is 4.79 Å². The quantitative estimate of drug-likeness (QED) is 0.221. The zero-order valence-electron chi connectivity index (χ0n) is 15.1. The first-order valence-corrected chi connectivity index (χ1v) is 9.40. The Labute approximate surface area is 154 Å². The minimum absolute atomic E-state index is 0.0332. The molecule has 0 aromatic heterocycles. The summed E-state index contributed by atoms with van der Waals surface area (Å²) < 4.78 is 11.5. The molecule has 1 atom stereocenters. The molecule has 0 amide bonds. The zero-order chi connectivity index (χ0) is 18.2. The van der Waals surface area contributed by atoms with Gasteiger partial charge in [0.2, 0.25) is 0 Å². The maximum atomic E-state index is 12.0. The highest BCUT2D eigenvalue weighted by Gasteiger charge is 2.23. The number of thioether (sulfide) groups is 1. The van der Waals surface area contributed by atoms with Crippen LogP contribution in [-0.2, 0) is 14.3 Å². The highest BCUT2D eigenvalue weighted by atomic mass is 32.2. The average Bonchev–Trinajstić information content (AvgIpc) is 2.65. The Morgan fingerprint density at radius 3 is 2.12 bits per heavy atom. The fraction of sp³-hybridized carbons (Fsp3) is 0.286. The van der Waals surface area contributed by atoms with Gasteiger partial charge in [0.05, 0.1) is 6.10 Å². The van der Waals surface area contributed by atoms with E-state index < -0.39 is 6.29 Å². The van der Waals surface area contributed by atoms with E-state index in [1.165, 1.54) is 0 Å². The van der Waals surface area contributed by atoms with Gasteiger partial charge in [-0.25, -0.2) is 0 Å². The van der Waals surface area contributed by atoms with Crippen molar-refractivity contribution in [3.8, 4) is 0 Å². The number of hydrogen-bond acceptors (Lipinski definition) is 4. The fourth-order valence-corrected chi connectivity index (χ4v) is 2.99. The van der Waals surface area contributed by atoms with E-state index in [9.17, 15) is 4.79 Å². The van der Waals surface area contributed by atoms with Gasteiger partial charge in [-0.15, -0.1) is 11.8 Å². The van der Waals surface area contributed by atoms with Crippen molar-refractivity contribution < 1.29 is 14.3 Å². The molecule has 2 aromatic rings. The summed E-state index contributed by atoms with van der Waals surface area (Å²) in [6.07, 6.45) is 2.25. The number of carbonyl (C=O) groups excluding carboxylic acids is 1. The lowest BCUT2D eigenvalue weighted by atomic mass is 9.95. The van der Waals surface area contributed by atoms with Crippen molar-refractivity contribution in [3.05, 3.63) is 65.7 Å². The van der Waals surface area contributed by atoms with Crippen LogP contribution in [0.15, 0.2) is 59.5 Å². The van der Waals surface area contributed by atoms with E-state index >= 15 is 0 Å². The van der Waals surface area contributed by atoms with Crippen molar-refractivity contribution in [2.75, 3.05) is 13.4 Å². The summed E-state index contributed by atoms with van der Waals surface area (Å²) in [7, 11) is 1.59. The molecule has 2 aromatic carbocycles. The topological polar surface area (TPSA) is 35.5 Å². The first-order chi connectivity index (χ1) is 12.1. The maximum Gasteiger partial charge on any atom is 0.185 e. The Bertz CT molecular complexity index is 706. The van der Waals surface area contributed by atoms with Gasteiger partial charge in [0.15, 0.2) is 12.6 Å². The van der Waals surface area contributed by atoms with Gasteiger partial charge in [-0.05, 0) is 43.4 Å². The van der Waals surface area contributed by atoms with Gasteiger partial charge in [-0.1, -0.05) is 42.5 Å². The number of benzene rings is 2.